The van der Waals surface area contributed by atoms with Crippen molar-refractivity contribution in [2.45, 2.75) is 0 Å². The molecule has 2 aliphatic heterocycles. The van der Waals surface area contributed by atoms with Crippen molar-refractivity contribution in [1.29, 1.82) is 0 Å². The van der Waals surface area contributed by atoms with E-state index in [1.165, 1.54) is 18.4 Å². The Labute approximate surface area is 158 Å². The molecular formula is C21H12O7. The Morgan fingerprint density at radius 1 is 1.00 bits per heavy atom. The van der Waals surface area contributed by atoms with Gasteiger partial charge < -0.3 is 23.4 Å². The number of furan rings is 1. The van der Waals surface area contributed by atoms with Gasteiger partial charge in [-0.1, -0.05) is 0 Å². The highest BCUT2D eigenvalue weighted by atomic mass is 16.7. The number of benzene rings is 2. The van der Waals surface area contributed by atoms with Gasteiger partial charge in [-0.25, -0.2) is 4.79 Å². The van der Waals surface area contributed by atoms with Crippen molar-refractivity contribution in [3.05, 3.63) is 77.4 Å². The van der Waals surface area contributed by atoms with Crippen LogP contribution in [0.25, 0.3) is 6.08 Å². The summed E-state index contributed by atoms with van der Waals surface area (Å²) < 4.78 is 26.7. The maximum Gasteiger partial charge on any atom is 0.343 e. The number of fused-ring (bicyclic) bond motifs is 2. The molecule has 2 aliphatic rings. The van der Waals surface area contributed by atoms with E-state index >= 15 is 0 Å². The van der Waals surface area contributed by atoms with E-state index in [-0.39, 0.29) is 24.1 Å². The second-order valence-electron chi connectivity index (χ2n) is 6.07. The predicted molar refractivity (Wildman–Crippen MR) is 95.6 cm³/mol. The Morgan fingerprint density at radius 2 is 1.89 bits per heavy atom. The van der Waals surface area contributed by atoms with Crippen LogP contribution in [0.5, 0.6) is 23.0 Å². The van der Waals surface area contributed by atoms with Crippen molar-refractivity contribution in [2.24, 2.45) is 0 Å². The summed E-state index contributed by atoms with van der Waals surface area (Å²) in [6.45, 7) is 0.123. The Bertz CT molecular complexity index is 1130. The summed E-state index contributed by atoms with van der Waals surface area (Å²) in [5, 5.41) is 0. The van der Waals surface area contributed by atoms with E-state index in [9.17, 15) is 9.59 Å². The Kier molecular flexibility index (Phi) is 3.65. The number of ketones is 1. The molecule has 0 spiro atoms. The molecule has 0 radical (unpaired) electrons. The normalized spacial score (nSPS) is 15.4. The Morgan fingerprint density at radius 3 is 2.75 bits per heavy atom. The van der Waals surface area contributed by atoms with Crippen LogP contribution in [0, 0.1) is 0 Å². The van der Waals surface area contributed by atoms with Gasteiger partial charge in [0.05, 0.1) is 17.4 Å². The first-order valence-electron chi connectivity index (χ1n) is 8.41. The van der Waals surface area contributed by atoms with E-state index < -0.39 is 5.97 Å². The molecule has 3 aromatic rings. The van der Waals surface area contributed by atoms with Crippen LogP contribution in [0.2, 0.25) is 0 Å². The lowest BCUT2D eigenvalue weighted by molar-refractivity contribution is 0.0734. The standard InChI is InChI=1S/C21H12O7/c22-20-15-5-4-14(10-17(15)28-19(20)9-13-2-1-7-24-13)27-21(23)12-3-6-16-18(8-12)26-11-25-16/h1-10H,11H2/b19-9+. The van der Waals surface area contributed by atoms with E-state index in [0.717, 1.165) is 0 Å². The first-order valence-corrected chi connectivity index (χ1v) is 8.41. The van der Waals surface area contributed by atoms with Crippen LogP contribution < -0.4 is 18.9 Å². The van der Waals surface area contributed by atoms with Gasteiger partial charge >= 0.3 is 5.97 Å². The molecule has 7 heteroatoms. The van der Waals surface area contributed by atoms with Gasteiger partial charge in [0.15, 0.2) is 17.3 Å². The van der Waals surface area contributed by atoms with Gasteiger partial charge in [0.25, 0.3) is 0 Å². The van der Waals surface area contributed by atoms with Crippen LogP contribution in [0.3, 0.4) is 0 Å². The van der Waals surface area contributed by atoms with E-state index in [4.69, 9.17) is 23.4 Å². The number of ether oxygens (including phenoxy) is 4. The lowest BCUT2D eigenvalue weighted by Crippen LogP contribution is -2.08. The molecule has 3 heterocycles. The molecule has 28 heavy (non-hydrogen) atoms. The van der Waals surface area contributed by atoms with Crippen LogP contribution in [0.1, 0.15) is 26.5 Å². The molecule has 0 saturated heterocycles. The molecule has 0 N–H and O–H groups in total. The summed E-state index contributed by atoms with van der Waals surface area (Å²) in [6, 6.07) is 12.8. The second-order valence-corrected chi connectivity index (χ2v) is 6.07. The third-order valence-electron chi connectivity index (χ3n) is 4.28. The van der Waals surface area contributed by atoms with E-state index in [1.54, 1.807) is 42.5 Å². The molecule has 0 amide bonds. The fourth-order valence-electron chi connectivity index (χ4n) is 2.92. The van der Waals surface area contributed by atoms with Gasteiger partial charge in [-0.3, -0.25) is 4.79 Å². The van der Waals surface area contributed by atoms with Crippen LogP contribution in [-0.2, 0) is 0 Å². The fourth-order valence-corrected chi connectivity index (χ4v) is 2.92. The Hall–Kier alpha value is -4.00. The minimum Gasteiger partial charge on any atom is -0.465 e. The topological polar surface area (TPSA) is 84.2 Å². The summed E-state index contributed by atoms with van der Waals surface area (Å²) in [4.78, 5) is 24.8. The molecule has 138 valence electrons. The summed E-state index contributed by atoms with van der Waals surface area (Å²) in [5.74, 6) is 1.47. The van der Waals surface area contributed by atoms with Gasteiger partial charge in [0.2, 0.25) is 12.6 Å². The van der Waals surface area contributed by atoms with E-state index in [0.29, 0.717) is 34.1 Å². The highest BCUT2D eigenvalue weighted by molar-refractivity contribution is 6.14. The van der Waals surface area contributed by atoms with Crippen molar-refractivity contribution in [3.8, 4) is 23.0 Å². The molecule has 7 nitrogen and oxygen atoms in total. The van der Waals surface area contributed by atoms with Gasteiger partial charge in [0, 0.05) is 12.1 Å². The first-order chi connectivity index (χ1) is 13.7. The van der Waals surface area contributed by atoms with E-state index in [2.05, 4.69) is 0 Å². The molecule has 0 bridgehead atoms. The van der Waals surface area contributed by atoms with Crippen molar-refractivity contribution < 1.29 is 33.0 Å². The third kappa shape index (κ3) is 2.79. The largest absolute Gasteiger partial charge is 0.465 e. The number of rotatable bonds is 3. The van der Waals surface area contributed by atoms with Gasteiger partial charge in [-0.05, 0) is 42.5 Å². The minimum absolute atomic E-state index is 0.123. The molecule has 2 aromatic carbocycles. The number of hydrogen-bond donors (Lipinski definition) is 0. The number of carbonyl (C=O) groups is 2. The van der Waals surface area contributed by atoms with Gasteiger partial charge in [-0.2, -0.15) is 0 Å². The fraction of sp³-hybridized carbons (Fsp3) is 0.0476. The van der Waals surface area contributed by atoms with Crippen molar-refractivity contribution in [2.75, 3.05) is 6.79 Å². The molecule has 0 atom stereocenters. The summed E-state index contributed by atoms with van der Waals surface area (Å²) in [6.07, 6.45) is 3.02. The maximum absolute atomic E-state index is 12.4. The highest BCUT2D eigenvalue weighted by Crippen LogP contribution is 2.36. The average Bonchev–Trinajstić information content (AvgIpc) is 3.43. The lowest BCUT2D eigenvalue weighted by atomic mass is 10.1. The van der Waals surface area contributed by atoms with Crippen LogP contribution in [0.4, 0.5) is 0 Å². The molecule has 0 unspecified atom stereocenters. The summed E-state index contributed by atoms with van der Waals surface area (Å²) in [5.41, 5.74) is 0.709. The summed E-state index contributed by atoms with van der Waals surface area (Å²) in [7, 11) is 0. The third-order valence-corrected chi connectivity index (χ3v) is 4.28. The first kappa shape index (κ1) is 16.2. The molecule has 0 aliphatic carbocycles. The summed E-state index contributed by atoms with van der Waals surface area (Å²) >= 11 is 0. The maximum atomic E-state index is 12.4. The zero-order valence-electron chi connectivity index (χ0n) is 14.3. The monoisotopic (exact) mass is 376 g/mol. The highest BCUT2D eigenvalue weighted by Gasteiger charge is 2.28. The average molecular weight is 376 g/mol. The molecule has 1 aromatic heterocycles. The zero-order chi connectivity index (χ0) is 19.1. The molecular weight excluding hydrogens is 364 g/mol. The quantitative estimate of drug-likeness (QED) is 0.390. The SMILES string of the molecule is O=C(Oc1ccc2c(c1)O/C(=C/c1ccco1)C2=O)c1ccc2c(c1)OCO2. The molecule has 5 rings (SSSR count). The number of esters is 1. The van der Waals surface area contributed by atoms with E-state index in [1.807, 2.05) is 0 Å². The number of carbonyl (C=O) groups excluding carboxylic acids is 2. The number of hydrogen-bond acceptors (Lipinski definition) is 7. The van der Waals surface area contributed by atoms with Crippen molar-refractivity contribution in [3.63, 3.8) is 0 Å². The lowest BCUT2D eigenvalue weighted by Gasteiger charge is -2.06. The Balaban J connectivity index is 1.36. The van der Waals surface area contributed by atoms with Crippen LogP contribution in [0.15, 0.2) is 65.0 Å². The van der Waals surface area contributed by atoms with Crippen LogP contribution >= 0.6 is 0 Å². The predicted octanol–water partition coefficient (Wildman–Crippen LogP) is 3.84. The smallest absolute Gasteiger partial charge is 0.343 e. The molecule has 0 saturated carbocycles. The van der Waals surface area contributed by atoms with Gasteiger partial charge in [0.1, 0.15) is 17.3 Å². The van der Waals surface area contributed by atoms with Crippen molar-refractivity contribution >= 4 is 17.8 Å². The van der Waals surface area contributed by atoms with Crippen molar-refractivity contribution in [1.82, 2.24) is 0 Å². The molecule has 0 fully saturated rings. The second kappa shape index (κ2) is 6.31. The zero-order valence-corrected chi connectivity index (χ0v) is 14.3. The van der Waals surface area contributed by atoms with Gasteiger partial charge in [-0.15, -0.1) is 0 Å². The number of Topliss-reactive ketones (excluding diaryl/α,β-unsaturated/α-hetero) is 1. The van der Waals surface area contributed by atoms with Crippen LogP contribution in [-0.4, -0.2) is 18.5 Å². The number of allylic oxidation sites excluding steroid dienone is 1. The minimum atomic E-state index is -0.561.